The quantitative estimate of drug-likeness (QED) is 0.156. The summed E-state index contributed by atoms with van der Waals surface area (Å²) in [6, 6.07) is 3.53. The van der Waals surface area contributed by atoms with Gasteiger partial charge in [0, 0.05) is 26.3 Å². The van der Waals surface area contributed by atoms with E-state index in [1.165, 1.54) is 17.8 Å². The molecule has 0 aliphatic carbocycles. The third kappa shape index (κ3) is 6.55. The first-order valence-electron chi connectivity index (χ1n) is 10.8. The summed E-state index contributed by atoms with van der Waals surface area (Å²) >= 11 is 1.45. The van der Waals surface area contributed by atoms with Crippen molar-refractivity contribution >= 4 is 40.6 Å². The van der Waals surface area contributed by atoms with Gasteiger partial charge in [-0.15, -0.1) is 0 Å². The highest BCUT2D eigenvalue weighted by Gasteiger charge is 2.14. The van der Waals surface area contributed by atoms with E-state index in [1.807, 2.05) is 6.26 Å². The predicted octanol–water partition coefficient (Wildman–Crippen LogP) is 2.46. The van der Waals surface area contributed by atoms with E-state index >= 15 is 0 Å². The lowest BCUT2D eigenvalue weighted by atomic mass is 10.1. The van der Waals surface area contributed by atoms with Crippen molar-refractivity contribution < 1.29 is 23.7 Å². The molecule has 0 aliphatic rings. The van der Waals surface area contributed by atoms with Crippen LogP contribution in [-0.2, 0) is 16.1 Å². The summed E-state index contributed by atoms with van der Waals surface area (Å²) in [5.41, 5.74) is 1.44. The van der Waals surface area contributed by atoms with Gasteiger partial charge in [0.05, 0.1) is 46.1 Å². The fourth-order valence-corrected chi connectivity index (χ4v) is 3.67. The molecule has 2 heterocycles. The summed E-state index contributed by atoms with van der Waals surface area (Å²) in [5.74, 6) is 1.99. The minimum absolute atomic E-state index is 0.239. The SMILES string of the molecule is COCCNc1nc(SC)nc2c1cnn2CCNC(=O)/C=C\c1cc(OC)c(OC)c(OC)c1. The third-order valence-corrected chi connectivity index (χ3v) is 5.54. The van der Waals surface area contributed by atoms with Crippen LogP contribution in [0.25, 0.3) is 17.1 Å². The summed E-state index contributed by atoms with van der Waals surface area (Å²) in [5, 5.41) is 12.0. The van der Waals surface area contributed by atoms with Crippen LogP contribution in [0.1, 0.15) is 5.56 Å². The van der Waals surface area contributed by atoms with E-state index < -0.39 is 0 Å². The number of rotatable bonds is 13. The Labute approximate surface area is 208 Å². The average molecular weight is 503 g/mol. The van der Waals surface area contributed by atoms with E-state index in [0.717, 1.165) is 10.9 Å². The summed E-state index contributed by atoms with van der Waals surface area (Å²) in [7, 11) is 6.28. The second kappa shape index (κ2) is 12.8. The number of thioether (sulfide) groups is 1. The molecule has 0 spiro atoms. The first-order chi connectivity index (χ1) is 17.0. The minimum Gasteiger partial charge on any atom is -0.493 e. The summed E-state index contributed by atoms with van der Waals surface area (Å²) in [4.78, 5) is 21.5. The Hall–Kier alpha value is -3.51. The number of methoxy groups -OCH3 is 4. The smallest absolute Gasteiger partial charge is 0.244 e. The number of carbonyl (C=O) groups excluding carboxylic acids is 1. The number of nitrogens with one attached hydrogen (secondary N) is 2. The van der Waals surface area contributed by atoms with E-state index in [1.54, 1.807) is 57.5 Å². The zero-order valence-electron chi connectivity index (χ0n) is 20.5. The van der Waals surface area contributed by atoms with E-state index in [0.29, 0.717) is 60.1 Å². The first-order valence-corrected chi connectivity index (χ1v) is 12.0. The summed E-state index contributed by atoms with van der Waals surface area (Å²) < 4.78 is 22.9. The number of aromatic nitrogens is 4. The number of fused-ring (bicyclic) bond motifs is 1. The average Bonchev–Trinajstić information content (AvgIpc) is 3.29. The van der Waals surface area contributed by atoms with Gasteiger partial charge in [0.1, 0.15) is 5.82 Å². The molecule has 0 aliphatic heterocycles. The molecule has 0 saturated carbocycles. The van der Waals surface area contributed by atoms with Crippen LogP contribution in [0.5, 0.6) is 17.2 Å². The van der Waals surface area contributed by atoms with Crippen molar-refractivity contribution in [2.24, 2.45) is 0 Å². The van der Waals surface area contributed by atoms with Gasteiger partial charge in [-0.25, -0.2) is 14.6 Å². The Morgan fingerprint density at radius 1 is 1.09 bits per heavy atom. The van der Waals surface area contributed by atoms with Crippen LogP contribution in [0.3, 0.4) is 0 Å². The molecule has 1 aromatic carbocycles. The lowest BCUT2D eigenvalue weighted by Crippen LogP contribution is -2.25. The molecule has 3 rings (SSSR count). The van der Waals surface area contributed by atoms with Gasteiger partial charge in [-0.3, -0.25) is 4.79 Å². The van der Waals surface area contributed by atoms with Gasteiger partial charge in [-0.05, 0) is 30.0 Å². The minimum atomic E-state index is -0.239. The first kappa shape index (κ1) is 26.1. The number of amides is 1. The number of nitrogens with zero attached hydrogens (tertiary/aromatic N) is 4. The van der Waals surface area contributed by atoms with Crippen molar-refractivity contribution in [3.63, 3.8) is 0 Å². The molecule has 0 fully saturated rings. The van der Waals surface area contributed by atoms with Crippen LogP contribution in [0.2, 0.25) is 0 Å². The predicted molar refractivity (Wildman–Crippen MR) is 136 cm³/mol. The van der Waals surface area contributed by atoms with E-state index in [4.69, 9.17) is 18.9 Å². The molecule has 188 valence electrons. The molecule has 0 saturated heterocycles. The maximum Gasteiger partial charge on any atom is 0.244 e. The van der Waals surface area contributed by atoms with Crippen LogP contribution in [0, 0.1) is 0 Å². The highest BCUT2D eigenvalue weighted by molar-refractivity contribution is 7.98. The molecule has 0 atom stereocenters. The maximum atomic E-state index is 12.4. The van der Waals surface area contributed by atoms with Crippen molar-refractivity contribution in [2.45, 2.75) is 11.7 Å². The fourth-order valence-electron chi connectivity index (χ4n) is 3.31. The Morgan fingerprint density at radius 2 is 1.83 bits per heavy atom. The standard InChI is InChI=1S/C23H30N6O5S/c1-31-11-9-25-21-16-14-26-29(22(16)28-23(27-21)35-5)10-8-24-19(30)7-6-15-12-17(32-2)20(34-4)18(13-15)33-3/h6-7,12-14H,8-11H2,1-5H3,(H,24,30)(H,25,27,28)/b7-6-. The number of anilines is 1. The largest absolute Gasteiger partial charge is 0.493 e. The molecular weight excluding hydrogens is 472 g/mol. The van der Waals surface area contributed by atoms with Crippen LogP contribution >= 0.6 is 11.8 Å². The van der Waals surface area contributed by atoms with Gasteiger partial charge in [0.15, 0.2) is 22.3 Å². The Kier molecular flexibility index (Phi) is 9.56. The number of benzene rings is 1. The molecule has 11 nitrogen and oxygen atoms in total. The maximum absolute atomic E-state index is 12.4. The van der Waals surface area contributed by atoms with Crippen LogP contribution in [0.15, 0.2) is 29.6 Å². The number of carbonyl (C=O) groups is 1. The normalized spacial score (nSPS) is 11.1. The third-order valence-electron chi connectivity index (χ3n) is 4.99. The number of hydrogen-bond acceptors (Lipinski definition) is 10. The van der Waals surface area contributed by atoms with Crippen molar-refractivity contribution in [3.8, 4) is 17.2 Å². The fraction of sp³-hybridized carbons (Fsp3) is 0.391. The molecule has 0 bridgehead atoms. The van der Waals surface area contributed by atoms with Crippen molar-refractivity contribution in [1.29, 1.82) is 0 Å². The number of hydrogen-bond donors (Lipinski definition) is 2. The lowest BCUT2D eigenvalue weighted by Gasteiger charge is -2.12. The van der Waals surface area contributed by atoms with Crippen molar-refractivity contribution in [3.05, 3.63) is 30.0 Å². The summed E-state index contributed by atoms with van der Waals surface area (Å²) in [6.07, 6.45) is 6.77. The van der Waals surface area contributed by atoms with Gasteiger partial charge in [0.2, 0.25) is 11.7 Å². The van der Waals surface area contributed by atoms with Gasteiger partial charge in [-0.1, -0.05) is 11.8 Å². The molecule has 2 N–H and O–H groups in total. The molecule has 3 aromatic rings. The Balaban J connectivity index is 1.65. The second-order valence-corrected chi connectivity index (χ2v) is 7.94. The lowest BCUT2D eigenvalue weighted by molar-refractivity contribution is -0.116. The molecule has 35 heavy (non-hydrogen) atoms. The van der Waals surface area contributed by atoms with Gasteiger partial charge >= 0.3 is 0 Å². The molecule has 12 heteroatoms. The van der Waals surface area contributed by atoms with Gasteiger partial charge in [0.25, 0.3) is 0 Å². The zero-order chi connectivity index (χ0) is 25.2. The van der Waals surface area contributed by atoms with E-state index in [9.17, 15) is 4.79 Å². The monoisotopic (exact) mass is 502 g/mol. The summed E-state index contributed by atoms with van der Waals surface area (Å²) in [6.45, 7) is 2.01. The van der Waals surface area contributed by atoms with Crippen LogP contribution < -0.4 is 24.8 Å². The topological polar surface area (TPSA) is 122 Å². The van der Waals surface area contributed by atoms with Crippen LogP contribution in [-0.4, -0.2) is 80.0 Å². The van der Waals surface area contributed by atoms with E-state index in [2.05, 4.69) is 25.7 Å². The van der Waals surface area contributed by atoms with Crippen molar-refractivity contribution in [2.75, 3.05) is 59.7 Å². The number of ether oxygens (including phenoxy) is 4. The molecule has 1 amide bonds. The van der Waals surface area contributed by atoms with Crippen molar-refractivity contribution in [1.82, 2.24) is 25.1 Å². The van der Waals surface area contributed by atoms with Gasteiger partial charge in [-0.2, -0.15) is 5.10 Å². The Bertz CT molecular complexity index is 1160. The zero-order valence-corrected chi connectivity index (χ0v) is 21.3. The molecular formula is C23H30N6O5S. The molecule has 2 aromatic heterocycles. The van der Waals surface area contributed by atoms with E-state index in [-0.39, 0.29) is 5.91 Å². The molecule has 0 radical (unpaired) electrons. The Morgan fingerprint density at radius 3 is 2.46 bits per heavy atom. The highest BCUT2D eigenvalue weighted by Crippen LogP contribution is 2.38. The second-order valence-electron chi connectivity index (χ2n) is 7.17. The van der Waals surface area contributed by atoms with Crippen LogP contribution in [0.4, 0.5) is 5.82 Å². The molecule has 0 unspecified atom stereocenters. The van der Waals surface area contributed by atoms with Gasteiger partial charge < -0.3 is 29.6 Å². The highest BCUT2D eigenvalue weighted by atomic mass is 32.2.